The zero-order valence-electron chi connectivity index (χ0n) is 15.2. The van der Waals surface area contributed by atoms with Gasteiger partial charge in [-0.1, -0.05) is 6.07 Å². The number of hydrogen-bond donors (Lipinski definition) is 2. The fourth-order valence-corrected chi connectivity index (χ4v) is 2.13. The molecule has 0 unspecified atom stereocenters. The van der Waals surface area contributed by atoms with Gasteiger partial charge in [0.25, 0.3) is 5.91 Å². The van der Waals surface area contributed by atoms with Gasteiger partial charge in [0.1, 0.15) is 5.75 Å². The Hall–Kier alpha value is -3.56. The van der Waals surface area contributed by atoms with E-state index in [1.165, 1.54) is 13.0 Å². The molecule has 29 heavy (non-hydrogen) atoms. The summed E-state index contributed by atoms with van der Waals surface area (Å²) in [4.78, 5) is 34.3. The van der Waals surface area contributed by atoms with Crippen LogP contribution in [0.15, 0.2) is 48.5 Å². The van der Waals surface area contributed by atoms with Crippen LogP contribution in [0, 0.1) is 0 Å². The molecule has 0 fully saturated rings. The standard InChI is InChI=1S/C19H17F3N2O5/c1-12(25)23-14-5-7-15(8-6-14)24-17(26)10-29-18(27)11-28-16-4-2-3-13(9-16)19(20,21)22/h2-9H,10-11H2,1H3,(H,23,25)(H,24,26). The summed E-state index contributed by atoms with van der Waals surface area (Å²) in [6.45, 7) is 0.110. The van der Waals surface area contributed by atoms with Crippen molar-refractivity contribution in [2.24, 2.45) is 0 Å². The molecule has 0 aromatic heterocycles. The Morgan fingerprint density at radius 2 is 1.55 bits per heavy atom. The van der Waals surface area contributed by atoms with Crippen LogP contribution >= 0.6 is 0 Å². The summed E-state index contributed by atoms with van der Waals surface area (Å²) in [5.41, 5.74) is 0.0568. The Labute approximate surface area is 163 Å². The van der Waals surface area contributed by atoms with E-state index in [0.29, 0.717) is 11.4 Å². The molecule has 7 nitrogen and oxygen atoms in total. The molecule has 0 atom stereocenters. The Kier molecular flexibility index (Phi) is 7.18. The number of carbonyl (C=O) groups excluding carboxylic acids is 3. The van der Waals surface area contributed by atoms with Gasteiger partial charge in [0, 0.05) is 18.3 Å². The van der Waals surface area contributed by atoms with Gasteiger partial charge in [-0.15, -0.1) is 0 Å². The van der Waals surface area contributed by atoms with Crippen LogP contribution in [0.2, 0.25) is 0 Å². The lowest BCUT2D eigenvalue weighted by molar-refractivity contribution is -0.149. The number of hydrogen-bond acceptors (Lipinski definition) is 5. The van der Waals surface area contributed by atoms with Crippen LogP contribution in [0.25, 0.3) is 0 Å². The third-order valence-corrected chi connectivity index (χ3v) is 3.37. The van der Waals surface area contributed by atoms with Crippen molar-refractivity contribution < 1.29 is 37.0 Å². The minimum atomic E-state index is -4.53. The van der Waals surface area contributed by atoms with Crippen molar-refractivity contribution in [2.45, 2.75) is 13.1 Å². The maximum atomic E-state index is 12.6. The van der Waals surface area contributed by atoms with Crippen molar-refractivity contribution in [3.8, 4) is 5.75 Å². The van der Waals surface area contributed by atoms with E-state index in [9.17, 15) is 27.6 Å². The topological polar surface area (TPSA) is 93.7 Å². The SMILES string of the molecule is CC(=O)Nc1ccc(NC(=O)COC(=O)COc2cccc(C(F)(F)F)c2)cc1. The second kappa shape index (κ2) is 9.58. The first kappa shape index (κ1) is 21.7. The number of alkyl halides is 3. The molecular formula is C19H17F3N2O5. The summed E-state index contributed by atoms with van der Waals surface area (Å²) >= 11 is 0. The molecule has 0 aliphatic carbocycles. The van der Waals surface area contributed by atoms with Gasteiger partial charge in [0.2, 0.25) is 5.91 Å². The van der Waals surface area contributed by atoms with Crippen LogP contribution in [0.1, 0.15) is 12.5 Å². The maximum absolute atomic E-state index is 12.6. The van der Waals surface area contributed by atoms with Crippen LogP contribution in [0.4, 0.5) is 24.5 Å². The first-order valence-electron chi connectivity index (χ1n) is 8.26. The lowest BCUT2D eigenvalue weighted by atomic mass is 10.2. The highest BCUT2D eigenvalue weighted by Crippen LogP contribution is 2.31. The van der Waals surface area contributed by atoms with E-state index < -0.39 is 36.8 Å². The van der Waals surface area contributed by atoms with Gasteiger partial charge in [-0.3, -0.25) is 9.59 Å². The highest BCUT2D eigenvalue weighted by atomic mass is 19.4. The first-order valence-corrected chi connectivity index (χ1v) is 8.26. The molecule has 0 aliphatic rings. The highest BCUT2D eigenvalue weighted by Gasteiger charge is 2.30. The van der Waals surface area contributed by atoms with Crippen LogP contribution in [-0.4, -0.2) is 31.0 Å². The number of carbonyl (C=O) groups is 3. The molecule has 0 radical (unpaired) electrons. The lowest BCUT2D eigenvalue weighted by Crippen LogP contribution is -2.23. The van der Waals surface area contributed by atoms with Gasteiger partial charge >= 0.3 is 12.1 Å². The smallest absolute Gasteiger partial charge is 0.416 e. The highest BCUT2D eigenvalue weighted by molar-refractivity contribution is 5.93. The molecule has 0 saturated heterocycles. The molecule has 0 saturated carbocycles. The zero-order valence-corrected chi connectivity index (χ0v) is 15.2. The molecular weight excluding hydrogens is 393 g/mol. The third-order valence-electron chi connectivity index (χ3n) is 3.37. The maximum Gasteiger partial charge on any atom is 0.416 e. The van der Waals surface area contributed by atoms with E-state index in [2.05, 4.69) is 10.6 Å². The Morgan fingerprint density at radius 3 is 2.14 bits per heavy atom. The molecule has 0 bridgehead atoms. The van der Waals surface area contributed by atoms with E-state index in [4.69, 9.17) is 9.47 Å². The third kappa shape index (κ3) is 7.53. The van der Waals surface area contributed by atoms with Crippen molar-refractivity contribution in [3.63, 3.8) is 0 Å². The first-order chi connectivity index (χ1) is 13.6. The quantitative estimate of drug-likeness (QED) is 0.684. The summed E-state index contributed by atoms with van der Waals surface area (Å²) < 4.78 is 47.5. The molecule has 154 valence electrons. The molecule has 0 spiro atoms. The van der Waals surface area contributed by atoms with Crippen molar-refractivity contribution in [1.29, 1.82) is 0 Å². The van der Waals surface area contributed by atoms with Gasteiger partial charge in [0.05, 0.1) is 5.56 Å². The minimum absolute atomic E-state index is 0.152. The van der Waals surface area contributed by atoms with Crippen molar-refractivity contribution in [1.82, 2.24) is 0 Å². The number of ether oxygens (including phenoxy) is 2. The van der Waals surface area contributed by atoms with Crippen LogP contribution in [0.5, 0.6) is 5.75 Å². The summed E-state index contributed by atoms with van der Waals surface area (Å²) in [5, 5.41) is 5.05. The second-order valence-electron chi connectivity index (χ2n) is 5.78. The van der Waals surface area contributed by atoms with Crippen LogP contribution in [-0.2, 0) is 25.3 Å². The van der Waals surface area contributed by atoms with E-state index >= 15 is 0 Å². The molecule has 2 amide bonds. The fraction of sp³-hybridized carbons (Fsp3) is 0.211. The second-order valence-corrected chi connectivity index (χ2v) is 5.78. The number of amides is 2. The number of rotatable bonds is 7. The molecule has 2 aromatic rings. The number of benzene rings is 2. The van der Waals surface area contributed by atoms with Gasteiger partial charge in [-0.2, -0.15) is 13.2 Å². The monoisotopic (exact) mass is 410 g/mol. The van der Waals surface area contributed by atoms with Gasteiger partial charge in [-0.25, -0.2) is 4.79 Å². The van der Waals surface area contributed by atoms with E-state index in [1.807, 2.05) is 0 Å². The summed E-state index contributed by atoms with van der Waals surface area (Å²) in [6.07, 6.45) is -4.53. The normalized spacial score (nSPS) is 10.8. The Bertz CT molecular complexity index is 882. The molecule has 2 rings (SSSR count). The van der Waals surface area contributed by atoms with Gasteiger partial charge in [-0.05, 0) is 42.5 Å². The fourth-order valence-electron chi connectivity index (χ4n) is 2.13. The predicted octanol–water partition coefficient (Wildman–Crippen LogP) is 3.22. The molecule has 2 N–H and O–H groups in total. The molecule has 2 aromatic carbocycles. The lowest BCUT2D eigenvalue weighted by Gasteiger charge is -2.10. The summed E-state index contributed by atoms with van der Waals surface area (Å²) in [5.74, 6) is -1.93. The summed E-state index contributed by atoms with van der Waals surface area (Å²) in [6, 6.07) is 10.3. The van der Waals surface area contributed by atoms with Crippen LogP contribution in [0.3, 0.4) is 0 Å². The summed E-state index contributed by atoms with van der Waals surface area (Å²) in [7, 11) is 0. The zero-order chi connectivity index (χ0) is 21.4. The van der Waals surface area contributed by atoms with Crippen molar-refractivity contribution >= 4 is 29.2 Å². The molecule has 10 heteroatoms. The minimum Gasteiger partial charge on any atom is -0.482 e. The number of nitrogens with one attached hydrogen (secondary N) is 2. The average molecular weight is 410 g/mol. The number of anilines is 2. The van der Waals surface area contributed by atoms with Gasteiger partial charge in [0.15, 0.2) is 13.2 Å². The van der Waals surface area contributed by atoms with E-state index in [1.54, 1.807) is 24.3 Å². The van der Waals surface area contributed by atoms with Crippen molar-refractivity contribution in [3.05, 3.63) is 54.1 Å². The number of halogens is 3. The molecule has 0 aliphatic heterocycles. The number of esters is 1. The van der Waals surface area contributed by atoms with E-state index in [0.717, 1.165) is 18.2 Å². The Morgan fingerprint density at radius 1 is 0.931 bits per heavy atom. The largest absolute Gasteiger partial charge is 0.482 e. The molecule has 0 heterocycles. The van der Waals surface area contributed by atoms with Crippen LogP contribution < -0.4 is 15.4 Å². The Balaban J connectivity index is 1.76. The van der Waals surface area contributed by atoms with Crippen molar-refractivity contribution in [2.75, 3.05) is 23.8 Å². The van der Waals surface area contributed by atoms with E-state index in [-0.39, 0.29) is 11.7 Å². The predicted molar refractivity (Wildman–Crippen MR) is 97.3 cm³/mol. The van der Waals surface area contributed by atoms with Gasteiger partial charge < -0.3 is 20.1 Å². The average Bonchev–Trinajstić information content (AvgIpc) is 2.65.